The van der Waals surface area contributed by atoms with E-state index < -0.39 is 0 Å². The van der Waals surface area contributed by atoms with Crippen LogP contribution < -0.4 is 10.6 Å². The average Bonchev–Trinajstić information content (AvgIpc) is 2.93. The zero-order valence-corrected chi connectivity index (χ0v) is 14.9. The van der Waals surface area contributed by atoms with Crippen LogP contribution in [-0.2, 0) is 0 Å². The van der Waals surface area contributed by atoms with Crippen LogP contribution in [0.3, 0.4) is 0 Å². The Labute approximate surface area is 144 Å². The molecule has 0 amide bonds. The molecule has 0 aliphatic heterocycles. The molecule has 0 atom stereocenters. The van der Waals surface area contributed by atoms with Crippen LogP contribution >= 0.6 is 15.9 Å². The number of aryl methyl sites for hydroxylation is 1. The Balaban J connectivity index is 2.02. The number of nitrogens with one attached hydrogen (secondary N) is 2. The first kappa shape index (κ1) is 16.0. The Hall–Kier alpha value is -1.92. The Kier molecular flexibility index (Phi) is 4.93. The van der Waals surface area contributed by atoms with Crippen LogP contribution in [0.25, 0.3) is 16.9 Å². The van der Waals surface area contributed by atoms with E-state index in [1.807, 2.05) is 23.7 Å². The molecule has 0 aliphatic carbocycles. The van der Waals surface area contributed by atoms with Crippen LogP contribution in [-0.4, -0.2) is 34.7 Å². The highest BCUT2D eigenvalue weighted by atomic mass is 79.9. The molecule has 3 rings (SSSR count). The van der Waals surface area contributed by atoms with Crippen molar-refractivity contribution in [1.29, 1.82) is 0 Å². The van der Waals surface area contributed by atoms with E-state index in [0.29, 0.717) is 0 Å². The molecule has 1 aromatic carbocycles. The van der Waals surface area contributed by atoms with Crippen LogP contribution in [0.15, 0.2) is 41.0 Å². The standard InChI is InChI=1S/C17H20BrN5/c1-12-6-3-4-7-13(12)15-10-16(20-9-5-8-19-2)23-17(22-15)14(18)11-21-23/h3-4,6-7,10-11,19-20H,5,8-9H2,1-2H3. The van der Waals surface area contributed by atoms with Gasteiger partial charge in [0.1, 0.15) is 5.82 Å². The van der Waals surface area contributed by atoms with Gasteiger partial charge in [-0.15, -0.1) is 0 Å². The number of nitrogens with zero attached hydrogens (tertiary/aromatic N) is 3. The quantitative estimate of drug-likeness (QED) is 0.649. The molecule has 0 spiro atoms. The zero-order valence-electron chi connectivity index (χ0n) is 13.3. The first-order valence-corrected chi connectivity index (χ1v) is 8.49. The third-order valence-corrected chi connectivity index (χ3v) is 4.32. The lowest BCUT2D eigenvalue weighted by atomic mass is 10.1. The number of fused-ring (bicyclic) bond motifs is 1. The minimum absolute atomic E-state index is 0.821. The zero-order chi connectivity index (χ0) is 16.2. The molecule has 0 unspecified atom stereocenters. The molecule has 0 aliphatic rings. The molecular formula is C17H20BrN5. The predicted octanol–water partition coefficient (Wildman–Crippen LogP) is 3.49. The minimum Gasteiger partial charge on any atom is -0.370 e. The molecule has 0 saturated heterocycles. The van der Waals surface area contributed by atoms with E-state index >= 15 is 0 Å². The molecule has 6 heteroatoms. The number of anilines is 1. The topological polar surface area (TPSA) is 54.2 Å². The smallest absolute Gasteiger partial charge is 0.172 e. The van der Waals surface area contributed by atoms with Gasteiger partial charge in [0.2, 0.25) is 0 Å². The maximum Gasteiger partial charge on any atom is 0.172 e. The van der Waals surface area contributed by atoms with Crippen LogP contribution in [0, 0.1) is 6.92 Å². The van der Waals surface area contributed by atoms with Crippen molar-refractivity contribution in [3.8, 4) is 11.3 Å². The monoisotopic (exact) mass is 373 g/mol. The third-order valence-electron chi connectivity index (χ3n) is 3.76. The summed E-state index contributed by atoms with van der Waals surface area (Å²) in [4.78, 5) is 4.77. The summed E-state index contributed by atoms with van der Waals surface area (Å²) in [7, 11) is 1.96. The Morgan fingerprint density at radius 1 is 1.22 bits per heavy atom. The van der Waals surface area contributed by atoms with Gasteiger partial charge in [-0.3, -0.25) is 0 Å². The van der Waals surface area contributed by atoms with Crippen LogP contribution in [0.2, 0.25) is 0 Å². The van der Waals surface area contributed by atoms with Gasteiger partial charge in [0.15, 0.2) is 5.65 Å². The second-order valence-corrected chi connectivity index (χ2v) is 6.31. The van der Waals surface area contributed by atoms with Crippen molar-refractivity contribution in [2.24, 2.45) is 0 Å². The van der Waals surface area contributed by atoms with Crippen LogP contribution in [0.5, 0.6) is 0 Å². The largest absolute Gasteiger partial charge is 0.370 e. The molecule has 0 saturated carbocycles. The average molecular weight is 374 g/mol. The lowest BCUT2D eigenvalue weighted by Crippen LogP contribution is -2.14. The molecule has 3 aromatic rings. The summed E-state index contributed by atoms with van der Waals surface area (Å²) >= 11 is 3.54. The molecule has 0 radical (unpaired) electrons. The van der Waals surface area contributed by atoms with Crippen molar-refractivity contribution >= 4 is 27.4 Å². The molecule has 120 valence electrons. The molecular weight excluding hydrogens is 354 g/mol. The maximum absolute atomic E-state index is 4.77. The molecule has 2 aromatic heterocycles. The van der Waals surface area contributed by atoms with Gasteiger partial charge >= 0.3 is 0 Å². The molecule has 2 N–H and O–H groups in total. The fourth-order valence-corrected chi connectivity index (χ4v) is 2.89. The van der Waals surface area contributed by atoms with Crippen LogP contribution in [0.4, 0.5) is 5.82 Å². The second kappa shape index (κ2) is 7.10. The van der Waals surface area contributed by atoms with E-state index in [1.54, 1.807) is 6.20 Å². The van der Waals surface area contributed by atoms with Crippen molar-refractivity contribution in [2.45, 2.75) is 13.3 Å². The molecule has 5 nitrogen and oxygen atoms in total. The number of aromatic nitrogens is 3. The van der Waals surface area contributed by atoms with E-state index in [-0.39, 0.29) is 0 Å². The third kappa shape index (κ3) is 3.38. The van der Waals surface area contributed by atoms with Crippen molar-refractivity contribution < 1.29 is 0 Å². The van der Waals surface area contributed by atoms with Gasteiger partial charge < -0.3 is 10.6 Å². The fourth-order valence-electron chi connectivity index (χ4n) is 2.54. The predicted molar refractivity (Wildman–Crippen MR) is 97.9 cm³/mol. The lowest BCUT2D eigenvalue weighted by Gasteiger charge is -2.12. The van der Waals surface area contributed by atoms with E-state index in [2.05, 4.69) is 56.8 Å². The molecule has 23 heavy (non-hydrogen) atoms. The second-order valence-electron chi connectivity index (χ2n) is 5.45. The number of hydrogen-bond acceptors (Lipinski definition) is 4. The van der Waals surface area contributed by atoms with E-state index in [4.69, 9.17) is 4.98 Å². The summed E-state index contributed by atoms with van der Waals surface area (Å²) in [6.07, 6.45) is 2.82. The summed E-state index contributed by atoms with van der Waals surface area (Å²) < 4.78 is 2.73. The van der Waals surface area contributed by atoms with Crippen molar-refractivity contribution in [3.05, 3.63) is 46.6 Å². The summed E-state index contributed by atoms with van der Waals surface area (Å²) in [5.41, 5.74) is 4.12. The Morgan fingerprint density at radius 3 is 2.83 bits per heavy atom. The van der Waals surface area contributed by atoms with Gasteiger partial charge in [-0.2, -0.15) is 9.61 Å². The molecule has 0 bridgehead atoms. The van der Waals surface area contributed by atoms with Gasteiger partial charge in [-0.25, -0.2) is 4.98 Å². The van der Waals surface area contributed by atoms with Gasteiger partial charge in [0.05, 0.1) is 16.4 Å². The van der Waals surface area contributed by atoms with E-state index in [9.17, 15) is 0 Å². The number of rotatable bonds is 6. The summed E-state index contributed by atoms with van der Waals surface area (Å²) in [5.74, 6) is 0.954. The maximum atomic E-state index is 4.77. The Morgan fingerprint density at radius 2 is 2.04 bits per heavy atom. The lowest BCUT2D eigenvalue weighted by molar-refractivity contribution is 0.744. The fraction of sp³-hybridized carbons (Fsp3) is 0.294. The first-order chi connectivity index (χ1) is 11.2. The van der Waals surface area contributed by atoms with E-state index in [0.717, 1.165) is 46.7 Å². The van der Waals surface area contributed by atoms with Crippen molar-refractivity contribution in [2.75, 3.05) is 25.5 Å². The SMILES string of the molecule is CNCCCNc1cc(-c2ccccc2C)nc2c(Br)cnn12. The number of halogens is 1. The highest BCUT2D eigenvalue weighted by Crippen LogP contribution is 2.27. The van der Waals surface area contributed by atoms with Gasteiger partial charge in [-0.1, -0.05) is 24.3 Å². The van der Waals surface area contributed by atoms with Gasteiger partial charge in [0, 0.05) is 18.2 Å². The number of benzene rings is 1. The summed E-state index contributed by atoms with van der Waals surface area (Å²) in [5, 5.41) is 11.0. The highest BCUT2D eigenvalue weighted by Gasteiger charge is 2.12. The Bertz CT molecular complexity index is 812. The van der Waals surface area contributed by atoms with Crippen molar-refractivity contribution in [3.63, 3.8) is 0 Å². The normalized spacial score (nSPS) is 11.1. The first-order valence-electron chi connectivity index (χ1n) is 7.69. The van der Waals surface area contributed by atoms with Crippen LogP contribution in [0.1, 0.15) is 12.0 Å². The summed E-state index contributed by atoms with van der Waals surface area (Å²) in [6, 6.07) is 10.4. The van der Waals surface area contributed by atoms with Crippen molar-refractivity contribution in [1.82, 2.24) is 19.9 Å². The highest BCUT2D eigenvalue weighted by molar-refractivity contribution is 9.10. The minimum atomic E-state index is 0.821. The molecule has 0 fully saturated rings. The van der Waals surface area contributed by atoms with Gasteiger partial charge in [0.25, 0.3) is 0 Å². The molecule has 2 heterocycles. The summed E-state index contributed by atoms with van der Waals surface area (Å²) in [6.45, 7) is 3.96. The number of hydrogen-bond donors (Lipinski definition) is 2. The van der Waals surface area contributed by atoms with Gasteiger partial charge in [-0.05, 0) is 48.4 Å². The van der Waals surface area contributed by atoms with E-state index in [1.165, 1.54) is 5.56 Å².